The Morgan fingerprint density at radius 3 is 0.967 bits per heavy atom. The summed E-state index contributed by atoms with van der Waals surface area (Å²) < 4.78 is 0. The topological polar surface area (TPSA) is 166 Å². The number of hydrogen-bond donors (Lipinski definition) is 4. The molecule has 0 aliphatic heterocycles. The summed E-state index contributed by atoms with van der Waals surface area (Å²) in [7, 11) is 0. The molecule has 0 aliphatic rings. The van der Waals surface area contributed by atoms with E-state index in [9.17, 15) is 24.0 Å². The van der Waals surface area contributed by atoms with E-state index in [0.717, 1.165) is 36.4 Å². The standard InChI is InChI=1S/C17H10O9.4ClH/c18-13(7-1-3-9(14(19)20)11(5-7)16(23)24)8-2-4-10(15(21)22)12(6-8)17(25)26;;;;/h1-6H,(H,19,20)(H,21,22)(H,23,24)(H,25,26);4*1H. The Bertz CT molecular complexity index is 912. The molecular weight excluding hydrogens is 490 g/mol. The molecule has 2 aromatic carbocycles. The molecule has 4 N–H and O–H groups in total. The van der Waals surface area contributed by atoms with Crippen LogP contribution in [0.15, 0.2) is 36.4 Å². The second-order valence-corrected chi connectivity index (χ2v) is 5.07. The number of carboxylic acid groups (broad SMARTS) is 4. The highest BCUT2D eigenvalue weighted by molar-refractivity contribution is 6.13. The van der Waals surface area contributed by atoms with Gasteiger partial charge in [0.1, 0.15) is 0 Å². The molecule has 0 unspecified atom stereocenters. The Balaban J connectivity index is -0.00000182. The first-order valence-electron chi connectivity index (χ1n) is 6.89. The first-order chi connectivity index (χ1) is 12.1. The molecule has 30 heavy (non-hydrogen) atoms. The minimum atomic E-state index is -1.55. The van der Waals surface area contributed by atoms with Crippen LogP contribution in [0.1, 0.15) is 57.4 Å². The van der Waals surface area contributed by atoms with Crippen LogP contribution in [0.5, 0.6) is 0 Å². The van der Waals surface area contributed by atoms with E-state index in [1.807, 2.05) is 0 Å². The molecule has 0 spiro atoms. The van der Waals surface area contributed by atoms with E-state index in [1.165, 1.54) is 0 Å². The molecule has 0 aromatic heterocycles. The molecule has 0 aliphatic carbocycles. The number of aromatic carboxylic acids is 4. The lowest BCUT2D eigenvalue weighted by Crippen LogP contribution is -2.13. The second-order valence-electron chi connectivity index (χ2n) is 5.07. The van der Waals surface area contributed by atoms with Crippen molar-refractivity contribution in [3.8, 4) is 0 Å². The van der Waals surface area contributed by atoms with Crippen LogP contribution in [0.3, 0.4) is 0 Å². The summed E-state index contributed by atoms with van der Waals surface area (Å²) in [6.07, 6.45) is 0. The van der Waals surface area contributed by atoms with Crippen LogP contribution >= 0.6 is 49.6 Å². The SMILES string of the molecule is Cl.Cl.Cl.Cl.O=C(c1ccc(C(=O)O)c(C(=O)O)c1)c1ccc(C(=O)O)c(C(=O)O)c1. The molecule has 0 radical (unpaired) electrons. The van der Waals surface area contributed by atoms with E-state index in [1.54, 1.807) is 0 Å². The van der Waals surface area contributed by atoms with Gasteiger partial charge >= 0.3 is 23.9 Å². The van der Waals surface area contributed by atoms with Gasteiger partial charge in [-0.3, -0.25) is 4.79 Å². The fourth-order valence-electron chi connectivity index (χ4n) is 2.26. The zero-order valence-electron chi connectivity index (χ0n) is 14.4. The maximum absolute atomic E-state index is 12.5. The second kappa shape index (κ2) is 12.7. The highest BCUT2D eigenvalue weighted by atomic mass is 35.5. The fourth-order valence-corrected chi connectivity index (χ4v) is 2.26. The molecule has 0 atom stereocenters. The molecule has 9 nitrogen and oxygen atoms in total. The van der Waals surface area contributed by atoms with Crippen LogP contribution in [0.4, 0.5) is 0 Å². The summed E-state index contributed by atoms with van der Waals surface area (Å²) in [5.41, 5.74) is -2.62. The van der Waals surface area contributed by atoms with Crippen molar-refractivity contribution >= 4 is 79.3 Å². The lowest BCUT2D eigenvalue weighted by molar-refractivity contribution is 0.0651. The van der Waals surface area contributed by atoms with Crippen molar-refractivity contribution in [1.82, 2.24) is 0 Å². The van der Waals surface area contributed by atoms with Crippen LogP contribution in [0.2, 0.25) is 0 Å². The quantitative estimate of drug-likeness (QED) is 0.432. The normalized spacial score (nSPS) is 8.80. The summed E-state index contributed by atoms with van der Waals surface area (Å²) in [5, 5.41) is 36.1. The van der Waals surface area contributed by atoms with Gasteiger partial charge in [0.15, 0.2) is 5.78 Å². The van der Waals surface area contributed by atoms with Crippen molar-refractivity contribution in [3.05, 3.63) is 69.8 Å². The molecule has 0 saturated heterocycles. The van der Waals surface area contributed by atoms with Gasteiger partial charge in [0.05, 0.1) is 22.3 Å². The van der Waals surface area contributed by atoms with Gasteiger partial charge < -0.3 is 20.4 Å². The minimum absolute atomic E-state index is 0. The average molecular weight is 504 g/mol. The molecule has 2 aromatic rings. The highest BCUT2D eigenvalue weighted by Crippen LogP contribution is 2.19. The maximum atomic E-state index is 12.5. The van der Waals surface area contributed by atoms with Gasteiger partial charge in [0.25, 0.3) is 0 Å². The molecule has 0 amide bonds. The van der Waals surface area contributed by atoms with E-state index in [0.29, 0.717) is 0 Å². The number of rotatable bonds is 6. The molecule has 164 valence electrons. The van der Waals surface area contributed by atoms with Crippen molar-refractivity contribution in [2.45, 2.75) is 0 Å². The number of ketones is 1. The molecular formula is C17H14Cl4O9. The third-order valence-electron chi connectivity index (χ3n) is 3.49. The number of carbonyl (C=O) groups is 5. The van der Waals surface area contributed by atoms with Gasteiger partial charge in [-0.2, -0.15) is 0 Å². The summed E-state index contributed by atoms with van der Waals surface area (Å²) in [5.74, 6) is -6.86. The first-order valence-corrected chi connectivity index (χ1v) is 6.89. The third-order valence-corrected chi connectivity index (χ3v) is 3.49. The maximum Gasteiger partial charge on any atom is 0.336 e. The Kier molecular flexibility index (Phi) is 13.4. The number of halogens is 4. The monoisotopic (exact) mass is 502 g/mol. The van der Waals surface area contributed by atoms with Crippen molar-refractivity contribution in [2.24, 2.45) is 0 Å². The van der Waals surface area contributed by atoms with Gasteiger partial charge in [0, 0.05) is 11.1 Å². The van der Waals surface area contributed by atoms with Crippen molar-refractivity contribution < 1.29 is 44.4 Å². The molecule has 0 fully saturated rings. The van der Waals surface area contributed by atoms with E-state index in [-0.39, 0.29) is 60.8 Å². The van der Waals surface area contributed by atoms with E-state index < -0.39 is 51.9 Å². The zero-order chi connectivity index (χ0) is 19.6. The van der Waals surface area contributed by atoms with Crippen LogP contribution in [0.25, 0.3) is 0 Å². The van der Waals surface area contributed by atoms with Crippen LogP contribution < -0.4 is 0 Å². The number of carbonyl (C=O) groups excluding carboxylic acids is 1. The molecule has 0 saturated carbocycles. The van der Waals surface area contributed by atoms with Crippen LogP contribution in [0, 0.1) is 0 Å². The van der Waals surface area contributed by atoms with Crippen molar-refractivity contribution in [3.63, 3.8) is 0 Å². The molecule has 13 heteroatoms. The third kappa shape index (κ3) is 6.60. The highest BCUT2D eigenvalue weighted by Gasteiger charge is 2.22. The lowest BCUT2D eigenvalue weighted by Gasteiger charge is -2.08. The van der Waals surface area contributed by atoms with Crippen LogP contribution in [-0.2, 0) is 0 Å². The molecule has 2 rings (SSSR count). The van der Waals surface area contributed by atoms with Gasteiger partial charge in [-0.15, -0.1) is 49.6 Å². The fraction of sp³-hybridized carbons (Fsp3) is 0. The minimum Gasteiger partial charge on any atom is -0.478 e. The summed E-state index contributed by atoms with van der Waals surface area (Å²) >= 11 is 0. The summed E-state index contributed by atoms with van der Waals surface area (Å²) in [6.45, 7) is 0. The lowest BCUT2D eigenvalue weighted by atomic mass is 9.95. The van der Waals surface area contributed by atoms with E-state index in [4.69, 9.17) is 20.4 Å². The van der Waals surface area contributed by atoms with E-state index in [2.05, 4.69) is 0 Å². The largest absolute Gasteiger partial charge is 0.478 e. The Morgan fingerprint density at radius 2 is 0.733 bits per heavy atom. The van der Waals surface area contributed by atoms with Gasteiger partial charge in [0.2, 0.25) is 0 Å². The van der Waals surface area contributed by atoms with Crippen LogP contribution in [-0.4, -0.2) is 50.1 Å². The molecule has 0 bridgehead atoms. The Morgan fingerprint density at radius 1 is 0.467 bits per heavy atom. The van der Waals surface area contributed by atoms with Gasteiger partial charge in [-0.1, -0.05) is 12.1 Å². The number of hydrogen-bond acceptors (Lipinski definition) is 5. The zero-order valence-corrected chi connectivity index (χ0v) is 17.7. The summed E-state index contributed by atoms with van der Waals surface area (Å²) in [6, 6.07) is 5.79. The van der Waals surface area contributed by atoms with E-state index >= 15 is 0 Å². The average Bonchev–Trinajstić information content (AvgIpc) is 2.59. The Hall–Kier alpha value is -2.85. The predicted octanol–water partition coefficient (Wildman–Crippen LogP) is 3.40. The first kappa shape index (κ1) is 31.8. The van der Waals surface area contributed by atoms with Crippen molar-refractivity contribution in [2.75, 3.05) is 0 Å². The van der Waals surface area contributed by atoms with Gasteiger partial charge in [-0.25, -0.2) is 19.2 Å². The predicted molar refractivity (Wildman–Crippen MR) is 113 cm³/mol. The van der Waals surface area contributed by atoms with Crippen molar-refractivity contribution in [1.29, 1.82) is 0 Å². The Labute approximate surface area is 193 Å². The molecule has 0 heterocycles. The van der Waals surface area contributed by atoms with Gasteiger partial charge in [-0.05, 0) is 24.3 Å². The number of benzene rings is 2. The smallest absolute Gasteiger partial charge is 0.336 e. The summed E-state index contributed by atoms with van der Waals surface area (Å²) in [4.78, 5) is 56.9. The number of carboxylic acids is 4.